The zero-order valence-electron chi connectivity index (χ0n) is 11.4. The van der Waals surface area contributed by atoms with Gasteiger partial charge in [-0.15, -0.1) is 11.6 Å². The van der Waals surface area contributed by atoms with E-state index < -0.39 is 0 Å². The molecule has 2 rings (SSSR count). The van der Waals surface area contributed by atoms with Crippen LogP contribution in [-0.4, -0.2) is 6.61 Å². The van der Waals surface area contributed by atoms with Crippen molar-refractivity contribution in [1.82, 2.24) is 0 Å². The molecule has 112 valence electrons. The Bertz CT molecular complexity index is 613. The number of hydrogen-bond donors (Lipinski definition) is 0. The normalized spacial score (nSPS) is 12.2. The van der Waals surface area contributed by atoms with Gasteiger partial charge in [-0.2, -0.15) is 0 Å². The number of halogens is 4. The van der Waals surface area contributed by atoms with Crippen molar-refractivity contribution < 1.29 is 9.13 Å². The van der Waals surface area contributed by atoms with Crippen LogP contribution in [0.4, 0.5) is 4.39 Å². The van der Waals surface area contributed by atoms with E-state index in [0.717, 1.165) is 15.8 Å². The molecule has 0 saturated carbocycles. The van der Waals surface area contributed by atoms with Crippen molar-refractivity contribution in [3.63, 3.8) is 0 Å². The highest BCUT2D eigenvalue weighted by molar-refractivity contribution is 9.10. The van der Waals surface area contributed by atoms with Crippen LogP contribution in [-0.2, 0) is 6.42 Å². The summed E-state index contributed by atoms with van der Waals surface area (Å²) in [7, 11) is 0. The molecule has 1 atom stereocenters. The summed E-state index contributed by atoms with van der Waals surface area (Å²) >= 11 is 15.9. The second-order valence-corrected chi connectivity index (χ2v) is 6.28. The predicted molar refractivity (Wildman–Crippen MR) is 89.0 cm³/mol. The Hall–Kier alpha value is -0.770. The molecule has 2 aromatic carbocycles. The Morgan fingerprint density at radius 2 is 2.05 bits per heavy atom. The molecule has 0 N–H and O–H groups in total. The van der Waals surface area contributed by atoms with E-state index in [-0.39, 0.29) is 11.2 Å². The van der Waals surface area contributed by atoms with E-state index >= 15 is 0 Å². The van der Waals surface area contributed by atoms with Crippen molar-refractivity contribution in [2.75, 3.05) is 6.61 Å². The Kier molecular flexibility index (Phi) is 5.91. The molecular weight excluding hydrogens is 378 g/mol. The molecule has 2 aromatic rings. The maximum absolute atomic E-state index is 13.8. The Labute approximate surface area is 142 Å². The standard InChI is InChI=1S/C16H14BrCl2FO/c1-2-21-16-7-6-10(8-12(16)17)14(19)9-11-13(18)4-3-5-15(11)20/h3-8,14H,2,9H2,1H3. The van der Waals surface area contributed by atoms with Crippen LogP contribution in [0.25, 0.3) is 0 Å². The summed E-state index contributed by atoms with van der Waals surface area (Å²) in [5, 5.41) is 0.0250. The number of ether oxygens (including phenoxy) is 1. The van der Waals surface area contributed by atoms with Gasteiger partial charge in [0.05, 0.1) is 16.5 Å². The lowest BCUT2D eigenvalue weighted by atomic mass is 10.0. The fourth-order valence-corrected chi connectivity index (χ4v) is 3.05. The highest BCUT2D eigenvalue weighted by Crippen LogP contribution is 2.34. The molecule has 0 bridgehead atoms. The summed E-state index contributed by atoms with van der Waals surface area (Å²) in [6.07, 6.45) is 0.327. The van der Waals surface area contributed by atoms with E-state index in [1.165, 1.54) is 6.07 Å². The fourth-order valence-electron chi connectivity index (χ4n) is 2.01. The van der Waals surface area contributed by atoms with Gasteiger partial charge in [0.1, 0.15) is 11.6 Å². The first-order valence-electron chi connectivity index (χ1n) is 6.52. The van der Waals surface area contributed by atoms with Gasteiger partial charge in [0.25, 0.3) is 0 Å². The van der Waals surface area contributed by atoms with Gasteiger partial charge in [-0.25, -0.2) is 4.39 Å². The van der Waals surface area contributed by atoms with Crippen LogP contribution in [0.3, 0.4) is 0 Å². The maximum Gasteiger partial charge on any atom is 0.133 e. The lowest BCUT2D eigenvalue weighted by Crippen LogP contribution is -2.00. The van der Waals surface area contributed by atoms with Crippen LogP contribution in [0.15, 0.2) is 40.9 Å². The molecule has 0 radical (unpaired) electrons. The minimum Gasteiger partial charge on any atom is -0.493 e. The third-order valence-corrected chi connectivity index (χ3v) is 4.44. The van der Waals surface area contributed by atoms with Gasteiger partial charge in [-0.05, 0) is 59.1 Å². The first-order chi connectivity index (χ1) is 10.0. The fraction of sp³-hybridized carbons (Fsp3) is 0.250. The van der Waals surface area contributed by atoms with Crippen molar-refractivity contribution in [1.29, 1.82) is 0 Å². The zero-order chi connectivity index (χ0) is 15.4. The van der Waals surface area contributed by atoms with Crippen LogP contribution < -0.4 is 4.74 Å². The molecule has 0 aliphatic carbocycles. The average molecular weight is 392 g/mol. The van der Waals surface area contributed by atoms with Crippen LogP contribution >= 0.6 is 39.1 Å². The smallest absolute Gasteiger partial charge is 0.133 e. The summed E-state index contributed by atoms with van der Waals surface area (Å²) in [5.41, 5.74) is 1.32. The highest BCUT2D eigenvalue weighted by atomic mass is 79.9. The molecule has 0 aliphatic rings. The molecular formula is C16H14BrCl2FO. The highest BCUT2D eigenvalue weighted by Gasteiger charge is 2.16. The van der Waals surface area contributed by atoms with E-state index in [9.17, 15) is 4.39 Å². The predicted octanol–water partition coefficient (Wildman–Crippen LogP) is 6.16. The van der Waals surface area contributed by atoms with E-state index in [4.69, 9.17) is 27.9 Å². The SMILES string of the molecule is CCOc1ccc(C(Cl)Cc2c(F)cccc2Cl)cc1Br. The lowest BCUT2D eigenvalue weighted by Gasteiger charge is -2.14. The summed E-state index contributed by atoms with van der Waals surface area (Å²) in [6.45, 7) is 2.51. The molecule has 0 aliphatic heterocycles. The number of hydrogen-bond acceptors (Lipinski definition) is 1. The molecule has 0 aromatic heterocycles. The van der Waals surface area contributed by atoms with Crippen molar-refractivity contribution in [3.05, 3.63) is 62.8 Å². The van der Waals surface area contributed by atoms with Crippen LogP contribution in [0.1, 0.15) is 23.4 Å². The Morgan fingerprint density at radius 3 is 2.67 bits per heavy atom. The number of rotatable bonds is 5. The summed E-state index contributed by atoms with van der Waals surface area (Å²) < 4.78 is 20.1. The van der Waals surface area contributed by atoms with Gasteiger partial charge in [-0.3, -0.25) is 0 Å². The van der Waals surface area contributed by atoms with Gasteiger partial charge >= 0.3 is 0 Å². The van der Waals surface area contributed by atoms with Gasteiger partial charge in [-0.1, -0.05) is 23.7 Å². The first-order valence-corrected chi connectivity index (χ1v) is 8.12. The van der Waals surface area contributed by atoms with Gasteiger partial charge < -0.3 is 4.74 Å². The summed E-state index contributed by atoms with van der Waals surface area (Å²) in [5.74, 6) is 0.423. The zero-order valence-corrected chi connectivity index (χ0v) is 14.5. The van der Waals surface area contributed by atoms with E-state index in [1.54, 1.807) is 12.1 Å². The quantitative estimate of drug-likeness (QED) is 0.554. The Morgan fingerprint density at radius 1 is 1.29 bits per heavy atom. The van der Waals surface area contributed by atoms with Crippen molar-refractivity contribution >= 4 is 39.1 Å². The second kappa shape index (κ2) is 7.48. The molecule has 1 unspecified atom stereocenters. The van der Waals surface area contributed by atoms with Gasteiger partial charge in [0.2, 0.25) is 0 Å². The van der Waals surface area contributed by atoms with Gasteiger partial charge in [0.15, 0.2) is 0 Å². The van der Waals surface area contributed by atoms with E-state index in [2.05, 4.69) is 15.9 Å². The van der Waals surface area contributed by atoms with Crippen LogP contribution in [0.2, 0.25) is 5.02 Å². The third-order valence-electron chi connectivity index (χ3n) is 3.06. The van der Waals surface area contributed by atoms with Crippen molar-refractivity contribution in [3.8, 4) is 5.75 Å². The second-order valence-electron chi connectivity index (χ2n) is 4.49. The summed E-state index contributed by atoms with van der Waals surface area (Å²) in [6, 6.07) is 10.2. The van der Waals surface area contributed by atoms with Crippen molar-refractivity contribution in [2.45, 2.75) is 18.7 Å². The molecule has 0 heterocycles. The van der Waals surface area contributed by atoms with Crippen LogP contribution in [0, 0.1) is 5.82 Å². The molecule has 1 nitrogen and oxygen atoms in total. The Balaban J connectivity index is 2.20. The molecule has 0 spiro atoms. The topological polar surface area (TPSA) is 9.23 Å². The number of alkyl halides is 1. The first kappa shape index (κ1) is 16.6. The van der Waals surface area contributed by atoms with Gasteiger partial charge in [0, 0.05) is 10.6 Å². The minimum atomic E-state index is -0.369. The maximum atomic E-state index is 13.8. The van der Waals surface area contributed by atoms with Crippen molar-refractivity contribution in [2.24, 2.45) is 0 Å². The minimum absolute atomic E-state index is 0.327. The molecule has 0 amide bonds. The molecule has 0 saturated heterocycles. The molecule has 0 fully saturated rings. The summed E-state index contributed by atoms with van der Waals surface area (Å²) in [4.78, 5) is 0. The third kappa shape index (κ3) is 4.12. The monoisotopic (exact) mass is 390 g/mol. The molecule has 21 heavy (non-hydrogen) atoms. The van der Waals surface area contributed by atoms with E-state index in [0.29, 0.717) is 23.6 Å². The van der Waals surface area contributed by atoms with Crippen LogP contribution in [0.5, 0.6) is 5.75 Å². The largest absolute Gasteiger partial charge is 0.493 e. The number of benzene rings is 2. The van der Waals surface area contributed by atoms with E-state index in [1.807, 2.05) is 25.1 Å². The lowest BCUT2D eigenvalue weighted by molar-refractivity contribution is 0.338. The average Bonchev–Trinajstić information content (AvgIpc) is 2.45. The molecule has 5 heteroatoms.